The number of benzene rings is 1. The van der Waals surface area contributed by atoms with Gasteiger partial charge in [0, 0.05) is 18.5 Å². The smallest absolute Gasteiger partial charge is 0.224 e. The van der Waals surface area contributed by atoms with E-state index in [0.717, 1.165) is 29.6 Å². The normalized spacial score (nSPS) is 12.6. The number of hydrogen-bond acceptors (Lipinski definition) is 4. The quantitative estimate of drug-likeness (QED) is 0.849. The van der Waals surface area contributed by atoms with Crippen molar-refractivity contribution in [2.45, 2.75) is 33.1 Å². The van der Waals surface area contributed by atoms with E-state index in [1.165, 1.54) is 0 Å². The topological polar surface area (TPSA) is 81.2 Å². The average Bonchev–Trinajstić information content (AvgIpc) is 2.87. The summed E-state index contributed by atoms with van der Waals surface area (Å²) >= 11 is 0. The molecule has 0 aliphatic rings. The molecule has 1 unspecified atom stereocenters. The summed E-state index contributed by atoms with van der Waals surface area (Å²) < 4.78 is 5.53. The van der Waals surface area contributed by atoms with Crippen molar-refractivity contribution >= 4 is 22.7 Å². The van der Waals surface area contributed by atoms with Crippen molar-refractivity contribution in [3.63, 3.8) is 0 Å². The van der Waals surface area contributed by atoms with E-state index in [4.69, 9.17) is 10.2 Å². The Bertz CT molecular complexity index is 592. The lowest BCUT2D eigenvalue weighted by molar-refractivity contribution is -0.116. The van der Waals surface area contributed by atoms with E-state index in [0.29, 0.717) is 24.8 Å². The van der Waals surface area contributed by atoms with Gasteiger partial charge in [0.05, 0.1) is 0 Å². The van der Waals surface area contributed by atoms with Gasteiger partial charge < -0.3 is 15.5 Å². The molecule has 0 fully saturated rings. The Balaban J connectivity index is 2.00. The van der Waals surface area contributed by atoms with Gasteiger partial charge in [0.15, 0.2) is 11.5 Å². The van der Waals surface area contributed by atoms with Gasteiger partial charge in [-0.05, 0) is 37.1 Å². The van der Waals surface area contributed by atoms with Gasteiger partial charge in [0.1, 0.15) is 5.52 Å². The highest BCUT2D eigenvalue weighted by Gasteiger charge is 2.08. The zero-order chi connectivity index (χ0) is 14.5. The van der Waals surface area contributed by atoms with Crippen LogP contribution in [0.3, 0.4) is 0 Å². The van der Waals surface area contributed by atoms with Crippen LogP contribution in [0.15, 0.2) is 22.6 Å². The molecule has 0 aliphatic heterocycles. The Morgan fingerprint density at radius 1 is 1.50 bits per heavy atom. The molecule has 5 nitrogen and oxygen atoms in total. The summed E-state index contributed by atoms with van der Waals surface area (Å²) in [5.41, 5.74) is 7.81. The molecule has 3 N–H and O–H groups in total. The highest BCUT2D eigenvalue weighted by atomic mass is 16.3. The summed E-state index contributed by atoms with van der Waals surface area (Å²) in [4.78, 5) is 16.2. The number of aryl methyl sites for hydroxylation is 1. The summed E-state index contributed by atoms with van der Waals surface area (Å²) in [6.07, 6.45) is 2.04. The summed E-state index contributed by atoms with van der Waals surface area (Å²) in [5, 5.41) is 2.88. The molecule has 2 rings (SSSR count). The molecule has 20 heavy (non-hydrogen) atoms. The molecule has 1 amide bonds. The highest BCUT2D eigenvalue weighted by molar-refractivity contribution is 5.92. The number of anilines is 1. The first-order chi connectivity index (χ1) is 9.62. The van der Waals surface area contributed by atoms with E-state index < -0.39 is 0 Å². The monoisotopic (exact) mass is 275 g/mol. The molecule has 1 atom stereocenters. The SMILES string of the molecule is CCc1nc2cc(NC(=O)CCC(C)CN)ccc2o1. The fourth-order valence-electron chi connectivity index (χ4n) is 1.92. The van der Waals surface area contributed by atoms with E-state index in [2.05, 4.69) is 10.3 Å². The van der Waals surface area contributed by atoms with Gasteiger partial charge in [-0.2, -0.15) is 0 Å². The number of rotatable bonds is 6. The third kappa shape index (κ3) is 3.57. The fourth-order valence-corrected chi connectivity index (χ4v) is 1.92. The predicted octanol–water partition coefficient (Wildman–Crippen LogP) is 2.70. The minimum atomic E-state index is 0.00357. The van der Waals surface area contributed by atoms with Crippen molar-refractivity contribution in [2.75, 3.05) is 11.9 Å². The molecule has 108 valence electrons. The maximum absolute atomic E-state index is 11.8. The zero-order valence-electron chi connectivity index (χ0n) is 12.0. The molecule has 1 aromatic heterocycles. The molecule has 0 aliphatic carbocycles. The van der Waals surface area contributed by atoms with Gasteiger partial charge >= 0.3 is 0 Å². The van der Waals surface area contributed by atoms with Crippen LogP contribution in [-0.2, 0) is 11.2 Å². The molecule has 0 radical (unpaired) electrons. The number of nitrogens with two attached hydrogens (primary N) is 1. The Morgan fingerprint density at radius 2 is 2.30 bits per heavy atom. The number of nitrogens with one attached hydrogen (secondary N) is 1. The molecule has 5 heteroatoms. The fraction of sp³-hybridized carbons (Fsp3) is 0.467. The Hall–Kier alpha value is -1.88. The minimum Gasteiger partial charge on any atom is -0.441 e. The molecule has 0 saturated carbocycles. The molecule has 1 heterocycles. The number of aromatic nitrogens is 1. The highest BCUT2D eigenvalue weighted by Crippen LogP contribution is 2.20. The molecule has 0 spiro atoms. The van der Waals surface area contributed by atoms with Crippen molar-refractivity contribution in [3.8, 4) is 0 Å². The number of amides is 1. The number of fused-ring (bicyclic) bond motifs is 1. The molecule has 0 bridgehead atoms. The second-order valence-electron chi connectivity index (χ2n) is 5.07. The first-order valence-electron chi connectivity index (χ1n) is 7.01. The third-order valence-electron chi connectivity index (χ3n) is 3.28. The van der Waals surface area contributed by atoms with Crippen molar-refractivity contribution in [2.24, 2.45) is 11.7 Å². The van der Waals surface area contributed by atoms with Crippen molar-refractivity contribution in [1.82, 2.24) is 4.98 Å². The summed E-state index contributed by atoms with van der Waals surface area (Å²) in [6.45, 7) is 4.64. The summed E-state index contributed by atoms with van der Waals surface area (Å²) in [7, 11) is 0. The second kappa shape index (κ2) is 6.52. The van der Waals surface area contributed by atoms with Crippen LogP contribution in [-0.4, -0.2) is 17.4 Å². The number of hydrogen-bond donors (Lipinski definition) is 2. The van der Waals surface area contributed by atoms with Crippen LogP contribution in [0.5, 0.6) is 0 Å². The maximum atomic E-state index is 11.8. The number of carbonyl (C=O) groups excluding carboxylic acids is 1. The van der Waals surface area contributed by atoms with Crippen molar-refractivity contribution < 1.29 is 9.21 Å². The van der Waals surface area contributed by atoms with Crippen LogP contribution in [0.2, 0.25) is 0 Å². The van der Waals surface area contributed by atoms with Crippen LogP contribution in [0.4, 0.5) is 5.69 Å². The van der Waals surface area contributed by atoms with Gasteiger partial charge in [-0.3, -0.25) is 4.79 Å². The largest absolute Gasteiger partial charge is 0.441 e. The second-order valence-corrected chi connectivity index (χ2v) is 5.07. The van der Waals surface area contributed by atoms with Crippen LogP contribution >= 0.6 is 0 Å². The van der Waals surface area contributed by atoms with Crippen LogP contribution < -0.4 is 11.1 Å². The van der Waals surface area contributed by atoms with Gasteiger partial charge in [0.25, 0.3) is 0 Å². The minimum absolute atomic E-state index is 0.00357. The van der Waals surface area contributed by atoms with Crippen LogP contribution in [0, 0.1) is 5.92 Å². The van der Waals surface area contributed by atoms with Crippen molar-refractivity contribution in [3.05, 3.63) is 24.1 Å². The Morgan fingerprint density at radius 3 is 3.00 bits per heavy atom. The first kappa shape index (κ1) is 14.5. The lowest BCUT2D eigenvalue weighted by atomic mass is 10.1. The zero-order valence-corrected chi connectivity index (χ0v) is 12.0. The van der Waals surface area contributed by atoms with Gasteiger partial charge in [-0.1, -0.05) is 13.8 Å². The van der Waals surface area contributed by atoms with Crippen molar-refractivity contribution in [1.29, 1.82) is 0 Å². The molecule has 2 aromatic rings. The standard InChI is InChI=1S/C15H21N3O2/c1-3-15-18-12-8-11(5-6-13(12)20-15)17-14(19)7-4-10(2)9-16/h5-6,8,10H,3-4,7,9,16H2,1-2H3,(H,17,19). The predicted molar refractivity (Wildman–Crippen MR) is 79.5 cm³/mol. The lowest BCUT2D eigenvalue weighted by Crippen LogP contribution is -2.16. The molecular formula is C15H21N3O2. The molecule has 0 saturated heterocycles. The molecule has 1 aromatic carbocycles. The lowest BCUT2D eigenvalue weighted by Gasteiger charge is -2.08. The van der Waals surface area contributed by atoms with E-state index in [9.17, 15) is 4.79 Å². The van der Waals surface area contributed by atoms with E-state index >= 15 is 0 Å². The number of nitrogens with zero attached hydrogens (tertiary/aromatic N) is 1. The van der Waals surface area contributed by atoms with Gasteiger partial charge in [-0.15, -0.1) is 0 Å². The van der Waals surface area contributed by atoms with Crippen LogP contribution in [0.1, 0.15) is 32.6 Å². The van der Waals surface area contributed by atoms with Gasteiger partial charge in [0.2, 0.25) is 5.91 Å². The number of oxazole rings is 1. The average molecular weight is 275 g/mol. The third-order valence-corrected chi connectivity index (χ3v) is 3.28. The van der Waals surface area contributed by atoms with Gasteiger partial charge in [-0.25, -0.2) is 4.98 Å². The van der Waals surface area contributed by atoms with E-state index in [1.807, 2.05) is 32.0 Å². The number of carbonyl (C=O) groups is 1. The van der Waals surface area contributed by atoms with Crippen LogP contribution in [0.25, 0.3) is 11.1 Å². The van der Waals surface area contributed by atoms with E-state index in [1.54, 1.807) is 0 Å². The van der Waals surface area contributed by atoms with E-state index in [-0.39, 0.29) is 5.91 Å². The summed E-state index contributed by atoms with van der Waals surface area (Å²) in [6, 6.07) is 5.50. The first-order valence-corrected chi connectivity index (χ1v) is 7.01. The summed E-state index contributed by atoms with van der Waals surface area (Å²) in [5.74, 6) is 1.08. The Kier molecular flexibility index (Phi) is 4.74. The molecular weight excluding hydrogens is 254 g/mol. The maximum Gasteiger partial charge on any atom is 0.224 e. The Labute approximate surface area is 118 Å².